The molecule has 370 valence electrons. The third-order valence-electron chi connectivity index (χ3n) is 14.0. The zero-order valence-corrected chi connectivity index (χ0v) is 45.8. The Labute approximate surface area is 441 Å². The van der Waals surface area contributed by atoms with E-state index in [-0.39, 0.29) is 37.7 Å². The number of pyridine rings is 1. The quantitative estimate of drug-likeness (QED) is 0.128. The molecule has 0 saturated carbocycles. The molecule has 0 fully saturated rings. The minimum absolute atomic E-state index is 0. The number of halogens is 1. The van der Waals surface area contributed by atoms with Crippen LogP contribution >= 0.6 is 0 Å². The van der Waals surface area contributed by atoms with E-state index in [9.17, 15) is 4.39 Å². The van der Waals surface area contributed by atoms with Gasteiger partial charge in [0.15, 0.2) is 0 Å². The van der Waals surface area contributed by atoms with E-state index in [0.29, 0.717) is 29.3 Å². The van der Waals surface area contributed by atoms with Gasteiger partial charge in [0.05, 0.1) is 0 Å². The summed E-state index contributed by atoms with van der Waals surface area (Å²) in [5, 5.41) is 1.99. The Morgan fingerprint density at radius 2 is 1.21 bits per heavy atom. The van der Waals surface area contributed by atoms with Gasteiger partial charge in [-0.25, -0.2) is 9.37 Å². The molecule has 0 aliphatic carbocycles. The van der Waals surface area contributed by atoms with Crippen LogP contribution < -0.4 is 14.5 Å². The third kappa shape index (κ3) is 9.63. The second kappa shape index (κ2) is 19.5. The van der Waals surface area contributed by atoms with Gasteiger partial charge in [0, 0.05) is 61.3 Å². The van der Waals surface area contributed by atoms with Gasteiger partial charge in [-0.15, -0.1) is 48.1 Å². The van der Waals surface area contributed by atoms with Crippen molar-refractivity contribution >= 4 is 44.6 Å². The molecule has 1 aliphatic rings. The Kier molecular flexibility index (Phi) is 13.7. The molecule has 0 atom stereocenters. The van der Waals surface area contributed by atoms with Gasteiger partial charge in [-0.1, -0.05) is 143 Å². The van der Waals surface area contributed by atoms with Crippen LogP contribution in [0.5, 0.6) is 11.5 Å². The Hall–Kier alpha value is -6.49. The van der Waals surface area contributed by atoms with Crippen LogP contribution in [-0.4, -0.2) is 9.55 Å². The van der Waals surface area contributed by atoms with Crippen molar-refractivity contribution in [2.24, 2.45) is 0 Å². The van der Waals surface area contributed by atoms with E-state index in [1.807, 2.05) is 30.5 Å². The standard InChI is InChI=1S/C65H64FN4O.Pt/c1-40(2)46-31-55(41(3)4)63(56(32-46)42(5)6)45-27-28-67-62(33-45)70-58-26-23-44(43-17-15-18-49(66)29-43)30-57(58)54-25-24-53(38-61(54)70)71-52-20-16-19-50(37-52)68-39-69(60-22-14-13-21-59(60)68)51-35-47(64(7,8)9)34-48(36-51)65(10,11)12;/h13-36,39-42H,1-12H3;/q-3;. The van der Waals surface area contributed by atoms with Crippen molar-refractivity contribution in [1.29, 1.82) is 0 Å². The van der Waals surface area contributed by atoms with Crippen molar-refractivity contribution in [3.05, 3.63) is 198 Å². The predicted molar refractivity (Wildman–Crippen MR) is 295 cm³/mol. The topological polar surface area (TPSA) is 33.5 Å². The van der Waals surface area contributed by atoms with E-state index < -0.39 is 0 Å². The molecule has 0 amide bonds. The molecule has 0 spiro atoms. The van der Waals surface area contributed by atoms with Crippen LogP contribution in [0.25, 0.3) is 49.9 Å². The van der Waals surface area contributed by atoms with E-state index in [1.165, 1.54) is 39.4 Å². The van der Waals surface area contributed by atoms with Crippen molar-refractivity contribution < 1.29 is 30.2 Å². The summed E-state index contributed by atoms with van der Waals surface area (Å²) in [6.45, 7) is 29.5. The SMILES string of the molecule is CC(C)c1cc(C(C)C)c(-c2ccnc(-n3c4[c-]c(Oc5[c-]c(N6[CH-]N(c7cc(C(C)(C)C)cc(C(C)(C)C)c7)c7ccccc76)ccc5)ccc4c4cc(-c5cccc(F)c5)ccc43)c2)c(C(C)C)c1.[Pt]. The van der Waals surface area contributed by atoms with Gasteiger partial charge in [-0.2, -0.15) is 12.1 Å². The van der Waals surface area contributed by atoms with E-state index >= 15 is 0 Å². The monoisotopic (exact) mass is 1130 g/mol. The summed E-state index contributed by atoms with van der Waals surface area (Å²) in [5.74, 6) is 2.67. The number of rotatable bonds is 10. The minimum Gasteiger partial charge on any atom is -0.509 e. The molecule has 72 heavy (non-hydrogen) atoms. The summed E-state index contributed by atoms with van der Waals surface area (Å²) in [6.07, 6.45) is 1.92. The average Bonchev–Trinajstić information content (AvgIpc) is 3.89. The van der Waals surface area contributed by atoms with Gasteiger partial charge in [0.2, 0.25) is 0 Å². The summed E-state index contributed by atoms with van der Waals surface area (Å²) < 4.78 is 23.5. The van der Waals surface area contributed by atoms with Gasteiger partial charge < -0.3 is 19.1 Å². The van der Waals surface area contributed by atoms with Crippen molar-refractivity contribution in [3.8, 4) is 39.6 Å². The van der Waals surface area contributed by atoms with E-state index in [4.69, 9.17) is 9.72 Å². The summed E-state index contributed by atoms with van der Waals surface area (Å²) in [7, 11) is 0. The van der Waals surface area contributed by atoms with Crippen molar-refractivity contribution in [1.82, 2.24) is 9.55 Å². The van der Waals surface area contributed by atoms with Gasteiger partial charge in [0.1, 0.15) is 11.6 Å². The van der Waals surface area contributed by atoms with Gasteiger partial charge in [-0.3, -0.25) is 0 Å². The summed E-state index contributed by atoms with van der Waals surface area (Å²) in [5.41, 5.74) is 16.6. The molecular weight excluding hydrogens is 1070 g/mol. The Morgan fingerprint density at radius 3 is 1.85 bits per heavy atom. The first-order valence-electron chi connectivity index (χ1n) is 25.1. The van der Waals surface area contributed by atoms with Crippen LogP contribution in [0.15, 0.2) is 146 Å². The summed E-state index contributed by atoms with van der Waals surface area (Å²) in [4.78, 5) is 9.56. The predicted octanol–water partition coefficient (Wildman–Crippen LogP) is 18.4. The number of aromatic nitrogens is 2. The number of nitrogens with zero attached hydrogens (tertiary/aromatic N) is 4. The Bertz CT molecular complexity index is 3420. The molecule has 0 radical (unpaired) electrons. The molecule has 9 aromatic rings. The van der Waals surface area contributed by atoms with E-state index in [0.717, 1.165) is 67.1 Å². The molecule has 0 unspecified atom stereocenters. The van der Waals surface area contributed by atoms with Crippen molar-refractivity contribution in [2.75, 3.05) is 9.80 Å². The molecule has 3 heterocycles. The smallest absolute Gasteiger partial charge is 0.136 e. The molecule has 0 bridgehead atoms. The number of hydrogen-bond acceptors (Lipinski definition) is 4. The van der Waals surface area contributed by atoms with Crippen LogP contribution in [0.1, 0.15) is 129 Å². The minimum atomic E-state index is -0.269. The number of benzene rings is 7. The maximum Gasteiger partial charge on any atom is 0.136 e. The number of anilines is 4. The molecule has 2 aromatic heterocycles. The largest absolute Gasteiger partial charge is 0.509 e. The summed E-state index contributed by atoms with van der Waals surface area (Å²) >= 11 is 0. The van der Waals surface area contributed by atoms with Crippen LogP contribution in [0, 0.1) is 24.6 Å². The molecule has 1 aliphatic heterocycles. The third-order valence-corrected chi connectivity index (χ3v) is 14.0. The first-order valence-corrected chi connectivity index (χ1v) is 25.1. The second-order valence-electron chi connectivity index (χ2n) is 22.2. The van der Waals surface area contributed by atoms with Gasteiger partial charge in [0.25, 0.3) is 0 Å². The number of hydrogen-bond donors (Lipinski definition) is 0. The van der Waals surface area contributed by atoms with Crippen LogP contribution in [0.2, 0.25) is 0 Å². The number of para-hydroxylation sites is 2. The maximum atomic E-state index is 14.6. The van der Waals surface area contributed by atoms with Gasteiger partial charge >= 0.3 is 0 Å². The fraction of sp³-hybridized carbons (Fsp3) is 0.262. The second-order valence-corrected chi connectivity index (χ2v) is 22.2. The number of ether oxygens (including phenoxy) is 1. The summed E-state index contributed by atoms with van der Waals surface area (Å²) in [6, 6.07) is 55.2. The maximum absolute atomic E-state index is 14.6. The van der Waals surface area contributed by atoms with E-state index in [2.05, 4.69) is 213 Å². The molecular formula is C65H64FN4OPt-3. The molecule has 0 saturated heterocycles. The van der Waals surface area contributed by atoms with Gasteiger partial charge in [-0.05, 0) is 139 Å². The zero-order chi connectivity index (χ0) is 50.1. The normalized spacial score (nSPS) is 12.9. The first kappa shape index (κ1) is 50.4. The molecule has 7 aromatic carbocycles. The number of fused-ring (bicyclic) bond motifs is 4. The van der Waals surface area contributed by atoms with E-state index in [1.54, 1.807) is 12.1 Å². The van der Waals surface area contributed by atoms with Crippen LogP contribution in [-0.2, 0) is 31.9 Å². The molecule has 10 rings (SSSR count). The van der Waals surface area contributed by atoms with Crippen molar-refractivity contribution in [3.63, 3.8) is 0 Å². The first-order chi connectivity index (χ1) is 33.8. The fourth-order valence-electron chi connectivity index (χ4n) is 9.94. The Balaban J connectivity index is 0.00000640. The molecule has 0 N–H and O–H groups in total. The van der Waals surface area contributed by atoms with Crippen LogP contribution in [0.4, 0.5) is 27.1 Å². The average molecular weight is 1130 g/mol. The fourth-order valence-corrected chi connectivity index (χ4v) is 9.94. The molecule has 5 nitrogen and oxygen atoms in total. The molecule has 7 heteroatoms. The van der Waals surface area contributed by atoms with Crippen LogP contribution in [0.3, 0.4) is 0 Å². The zero-order valence-electron chi connectivity index (χ0n) is 43.6. The van der Waals surface area contributed by atoms with Crippen molar-refractivity contribution in [2.45, 2.75) is 112 Å². The Morgan fingerprint density at radius 1 is 0.569 bits per heavy atom.